The van der Waals surface area contributed by atoms with Crippen molar-refractivity contribution in [3.63, 3.8) is 0 Å². The van der Waals surface area contributed by atoms with E-state index in [4.69, 9.17) is 21.1 Å². The third kappa shape index (κ3) is 8.08. The maximum atomic E-state index is 6.23. The van der Waals surface area contributed by atoms with Crippen LogP contribution in [-0.2, 0) is 11.2 Å². The zero-order valence-electron chi connectivity index (χ0n) is 14.4. The summed E-state index contributed by atoms with van der Waals surface area (Å²) in [4.78, 5) is 4.19. The number of rotatable bonds is 7. The van der Waals surface area contributed by atoms with Crippen molar-refractivity contribution in [3.8, 4) is 5.75 Å². The van der Waals surface area contributed by atoms with Gasteiger partial charge in [-0.15, -0.1) is 24.0 Å². The third-order valence-electron chi connectivity index (χ3n) is 3.40. The van der Waals surface area contributed by atoms with Gasteiger partial charge in [0.2, 0.25) is 0 Å². The van der Waals surface area contributed by atoms with Crippen LogP contribution < -0.4 is 15.4 Å². The molecule has 132 valence electrons. The largest absolute Gasteiger partial charge is 0.497 e. The third-order valence-corrected chi connectivity index (χ3v) is 3.76. The Morgan fingerprint density at radius 2 is 1.96 bits per heavy atom. The lowest BCUT2D eigenvalue weighted by Crippen LogP contribution is -2.45. The summed E-state index contributed by atoms with van der Waals surface area (Å²) in [7, 11) is 5.07. The molecule has 0 aliphatic heterocycles. The summed E-state index contributed by atoms with van der Waals surface area (Å²) >= 11 is 6.23. The Hall–Kier alpha value is -0.730. The van der Waals surface area contributed by atoms with Gasteiger partial charge in [0.25, 0.3) is 0 Å². The molecule has 5 nitrogen and oxygen atoms in total. The van der Waals surface area contributed by atoms with E-state index in [-0.39, 0.29) is 29.6 Å². The Kier molecular flexibility index (Phi) is 10.6. The van der Waals surface area contributed by atoms with Gasteiger partial charge in [0.1, 0.15) is 5.75 Å². The molecule has 0 unspecified atom stereocenters. The number of methoxy groups -OCH3 is 2. The molecule has 0 saturated carbocycles. The van der Waals surface area contributed by atoms with E-state index in [1.165, 1.54) is 0 Å². The highest BCUT2D eigenvalue weighted by atomic mass is 127. The predicted molar refractivity (Wildman–Crippen MR) is 108 cm³/mol. The topological polar surface area (TPSA) is 54.9 Å². The van der Waals surface area contributed by atoms with E-state index in [2.05, 4.69) is 15.6 Å². The smallest absolute Gasteiger partial charge is 0.191 e. The Balaban J connectivity index is 0.00000484. The van der Waals surface area contributed by atoms with Gasteiger partial charge in [-0.2, -0.15) is 0 Å². The molecule has 0 saturated heterocycles. The van der Waals surface area contributed by atoms with Crippen molar-refractivity contribution in [3.05, 3.63) is 28.8 Å². The minimum absolute atomic E-state index is 0. The number of hydrogen-bond donors (Lipinski definition) is 2. The molecular formula is C16H27ClIN3O2. The minimum Gasteiger partial charge on any atom is -0.497 e. The predicted octanol–water partition coefficient (Wildman–Crippen LogP) is 3.10. The Morgan fingerprint density at radius 1 is 1.26 bits per heavy atom. The molecule has 0 radical (unpaired) electrons. The van der Waals surface area contributed by atoms with Gasteiger partial charge in [0.15, 0.2) is 5.96 Å². The van der Waals surface area contributed by atoms with Gasteiger partial charge in [-0.05, 0) is 38.0 Å². The molecule has 0 aliphatic rings. The van der Waals surface area contributed by atoms with E-state index in [0.717, 1.165) is 30.2 Å². The molecule has 0 heterocycles. The lowest BCUT2D eigenvalue weighted by atomic mass is 10.1. The van der Waals surface area contributed by atoms with Gasteiger partial charge < -0.3 is 20.1 Å². The van der Waals surface area contributed by atoms with Crippen molar-refractivity contribution in [2.24, 2.45) is 4.99 Å². The molecule has 0 atom stereocenters. The fourth-order valence-electron chi connectivity index (χ4n) is 1.76. The normalized spacial score (nSPS) is 11.7. The van der Waals surface area contributed by atoms with Gasteiger partial charge in [-0.3, -0.25) is 4.99 Å². The molecular weight excluding hydrogens is 429 g/mol. The first kappa shape index (κ1) is 22.3. The summed E-state index contributed by atoms with van der Waals surface area (Å²) in [5.41, 5.74) is 0.833. The number of aliphatic imine (C=N–C) groups is 1. The number of nitrogens with zero attached hydrogens (tertiary/aromatic N) is 1. The van der Waals surface area contributed by atoms with Crippen LogP contribution in [0.2, 0.25) is 5.02 Å². The summed E-state index contributed by atoms with van der Waals surface area (Å²) in [6.07, 6.45) is 0.803. The average Bonchev–Trinajstić information content (AvgIpc) is 2.51. The molecule has 7 heteroatoms. The molecule has 0 fully saturated rings. The molecule has 0 spiro atoms. The fraction of sp³-hybridized carbons (Fsp3) is 0.562. The van der Waals surface area contributed by atoms with Crippen molar-refractivity contribution in [1.82, 2.24) is 10.6 Å². The lowest BCUT2D eigenvalue weighted by molar-refractivity contribution is 0.0268. The van der Waals surface area contributed by atoms with Crippen molar-refractivity contribution in [2.75, 3.05) is 34.4 Å². The SMILES string of the molecule is CN=C(NCCc1ccc(OC)cc1Cl)NCC(C)(C)OC.I. The van der Waals surface area contributed by atoms with Crippen molar-refractivity contribution in [1.29, 1.82) is 0 Å². The maximum absolute atomic E-state index is 6.23. The summed E-state index contributed by atoms with van der Waals surface area (Å²) in [6, 6.07) is 5.72. The van der Waals surface area contributed by atoms with E-state index < -0.39 is 0 Å². The minimum atomic E-state index is -0.239. The average molecular weight is 456 g/mol. The van der Waals surface area contributed by atoms with Gasteiger partial charge >= 0.3 is 0 Å². The summed E-state index contributed by atoms with van der Waals surface area (Å²) in [5.74, 6) is 1.51. The summed E-state index contributed by atoms with van der Waals surface area (Å²) in [5, 5.41) is 7.22. The van der Waals surface area contributed by atoms with Crippen molar-refractivity contribution in [2.45, 2.75) is 25.9 Å². The Labute approximate surface area is 161 Å². The van der Waals surface area contributed by atoms with Gasteiger partial charge in [-0.1, -0.05) is 17.7 Å². The van der Waals surface area contributed by atoms with Crippen LogP contribution in [0.15, 0.2) is 23.2 Å². The van der Waals surface area contributed by atoms with E-state index in [1.54, 1.807) is 21.3 Å². The van der Waals surface area contributed by atoms with Crippen LogP contribution in [0.3, 0.4) is 0 Å². The monoisotopic (exact) mass is 455 g/mol. The van der Waals surface area contributed by atoms with Crippen LogP contribution in [0.5, 0.6) is 5.75 Å². The number of ether oxygens (including phenoxy) is 2. The number of guanidine groups is 1. The summed E-state index contributed by atoms with van der Waals surface area (Å²) < 4.78 is 10.5. The second-order valence-corrected chi connectivity index (χ2v) is 5.93. The van der Waals surface area contributed by atoms with Gasteiger partial charge in [0, 0.05) is 32.3 Å². The first-order valence-corrected chi connectivity index (χ1v) is 7.61. The Morgan fingerprint density at radius 3 is 2.48 bits per heavy atom. The first-order chi connectivity index (χ1) is 10.4. The quantitative estimate of drug-likeness (QED) is 0.377. The summed E-state index contributed by atoms with van der Waals surface area (Å²) in [6.45, 7) is 5.44. The molecule has 1 aromatic carbocycles. The van der Waals surface area contributed by atoms with Crippen molar-refractivity contribution < 1.29 is 9.47 Å². The molecule has 1 aromatic rings. The van der Waals surface area contributed by atoms with Crippen LogP contribution in [0.25, 0.3) is 0 Å². The molecule has 2 N–H and O–H groups in total. The highest BCUT2D eigenvalue weighted by Crippen LogP contribution is 2.22. The fourth-order valence-corrected chi connectivity index (χ4v) is 2.03. The molecule has 0 amide bonds. The number of hydrogen-bond acceptors (Lipinski definition) is 3. The highest BCUT2D eigenvalue weighted by molar-refractivity contribution is 14.0. The number of halogens is 2. The van der Waals surface area contributed by atoms with Gasteiger partial charge in [-0.25, -0.2) is 0 Å². The highest BCUT2D eigenvalue weighted by Gasteiger charge is 2.16. The van der Waals surface area contributed by atoms with Gasteiger partial charge in [0.05, 0.1) is 12.7 Å². The van der Waals surface area contributed by atoms with E-state index >= 15 is 0 Å². The number of benzene rings is 1. The first-order valence-electron chi connectivity index (χ1n) is 7.24. The maximum Gasteiger partial charge on any atom is 0.191 e. The number of nitrogens with one attached hydrogen (secondary N) is 2. The second kappa shape index (κ2) is 10.9. The molecule has 23 heavy (non-hydrogen) atoms. The zero-order chi connectivity index (χ0) is 16.6. The second-order valence-electron chi connectivity index (χ2n) is 5.52. The molecule has 0 aromatic heterocycles. The molecule has 0 aliphatic carbocycles. The molecule has 1 rings (SSSR count). The van der Waals surface area contributed by atoms with Crippen LogP contribution in [0, 0.1) is 0 Å². The van der Waals surface area contributed by atoms with Crippen molar-refractivity contribution >= 4 is 41.5 Å². The molecule has 0 bridgehead atoms. The van der Waals surface area contributed by atoms with E-state index in [0.29, 0.717) is 11.6 Å². The van der Waals surface area contributed by atoms with E-state index in [1.807, 2.05) is 32.0 Å². The van der Waals surface area contributed by atoms with Crippen LogP contribution >= 0.6 is 35.6 Å². The van der Waals surface area contributed by atoms with Crippen LogP contribution in [-0.4, -0.2) is 45.9 Å². The van der Waals surface area contributed by atoms with Crippen LogP contribution in [0.4, 0.5) is 0 Å². The zero-order valence-corrected chi connectivity index (χ0v) is 17.5. The lowest BCUT2D eigenvalue weighted by Gasteiger charge is -2.24. The van der Waals surface area contributed by atoms with Crippen LogP contribution in [0.1, 0.15) is 19.4 Å². The standard InChI is InChI=1S/C16H26ClN3O2.HI/c1-16(2,22-5)11-20-15(18-3)19-9-8-12-6-7-13(21-4)10-14(12)17;/h6-7,10H,8-9,11H2,1-5H3,(H2,18,19,20);1H. The van der Waals surface area contributed by atoms with E-state index in [9.17, 15) is 0 Å². The Bertz CT molecular complexity index is 510.